The van der Waals surface area contributed by atoms with Gasteiger partial charge in [0.05, 0.1) is 20.8 Å². The summed E-state index contributed by atoms with van der Waals surface area (Å²) < 4.78 is 14.7. The average Bonchev–Trinajstić information content (AvgIpc) is 3.68. The Balaban J connectivity index is 1.28. The van der Waals surface area contributed by atoms with Gasteiger partial charge in [-0.2, -0.15) is 0 Å². The first-order valence-electron chi connectivity index (χ1n) is 12.5. The Morgan fingerprint density at radius 1 is 0.564 bits per heavy atom. The molecule has 0 aliphatic rings. The summed E-state index contributed by atoms with van der Waals surface area (Å²) in [5.74, 6) is 0. The van der Waals surface area contributed by atoms with E-state index in [0.29, 0.717) is 0 Å². The zero-order valence-corrected chi connectivity index (χ0v) is 21.1. The Hall–Kier alpha value is -5.14. The van der Waals surface area contributed by atoms with Crippen molar-refractivity contribution in [2.45, 2.75) is 0 Å². The maximum atomic E-state index is 6.28. The van der Waals surface area contributed by atoms with Crippen LogP contribution in [0, 0.1) is 0 Å². The molecule has 7 heteroatoms. The second kappa shape index (κ2) is 7.69. The van der Waals surface area contributed by atoms with Crippen molar-refractivity contribution in [3.63, 3.8) is 0 Å². The number of fused-ring (bicyclic) bond motifs is 9. The van der Waals surface area contributed by atoms with E-state index in [0.717, 1.165) is 86.8 Å². The van der Waals surface area contributed by atoms with Crippen molar-refractivity contribution in [2.24, 2.45) is 0 Å². The smallest absolute Gasteiger partial charge is 0.163 e. The molecule has 0 N–H and O–H groups in total. The molecule has 9 rings (SSSR count). The van der Waals surface area contributed by atoms with Crippen molar-refractivity contribution in [3.8, 4) is 22.5 Å². The first-order valence-corrected chi connectivity index (χ1v) is 13.4. The van der Waals surface area contributed by atoms with Crippen molar-refractivity contribution in [2.75, 3.05) is 0 Å². The molecular weight excluding hydrogens is 504 g/mol. The fourth-order valence-corrected chi connectivity index (χ4v) is 6.70. The van der Waals surface area contributed by atoms with Gasteiger partial charge in [-0.25, -0.2) is 0 Å². The average molecular weight is 521 g/mol. The summed E-state index contributed by atoms with van der Waals surface area (Å²) in [6.45, 7) is 0. The Bertz CT molecular complexity index is 2420. The van der Waals surface area contributed by atoms with E-state index in [1.165, 1.54) is 0 Å². The molecular formula is C32H16N4O2S. The van der Waals surface area contributed by atoms with E-state index in [1.807, 2.05) is 85.5 Å². The van der Waals surface area contributed by atoms with Crippen LogP contribution in [0.2, 0.25) is 0 Å². The van der Waals surface area contributed by atoms with Crippen molar-refractivity contribution < 1.29 is 8.83 Å². The van der Waals surface area contributed by atoms with Crippen LogP contribution in [0.15, 0.2) is 106 Å². The maximum absolute atomic E-state index is 6.28. The number of benzene rings is 2. The largest absolute Gasteiger partial charge is 0.454 e. The molecule has 0 aliphatic carbocycles. The van der Waals surface area contributed by atoms with Gasteiger partial charge in [0, 0.05) is 57.5 Å². The maximum Gasteiger partial charge on any atom is 0.163 e. The highest BCUT2D eigenvalue weighted by molar-refractivity contribution is 7.26. The zero-order chi connectivity index (χ0) is 25.5. The third kappa shape index (κ3) is 2.90. The molecule has 7 heterocycles. The number of aromatic nitrogens is 4. The third-order valence-corrected chi connectivity index (χ3v) is 8.49. The molecule has 39 heavy (non-hydrogen) atoms. The number of hydrogen-bond acceptors (Lipinski definition) is 7. The predicted molar refractivity (Wildman–Crippen MR) is 156 cm³/mol. The minimum atomic E-state index is 0.747. The van der Waals surface area contributed by atoms with E-state index in [9.17, 15) is 0 Å². The molecule has 0 amide bonds. The Kier molecular flexibility index (Phi) is 4.11. The first kappa shape index (κ1) is 20.9. The van der Waals surface area contributed by atoms with Gasteiger partial charge in [0.2, 0.25) is 0 Å². The van der Waals surface area contributed by atoms with Gasteiger partial charge in [0.15, 0.2) is 11.2 Å². The minimum absolute atomic E-state index is 0.747. The van der Waals surface area contributed by atoms with E-state index in [2.05, 4.69) is 22.1 Å². The lowest BCUT2D eigenvalue weighted by atomic mass is 10.1. The molecule has 0 aliphatic heterocycles. The SMILES string of the molecule is c1ccc2c(c1)oc1c(-c3cc4c(cn3)sc3c(-c5ccnc6c5oc5ccccc56)nccc34)ccnc12. The number of thiophene rings is 1. The number of hydrogen-bond donors (Lipinski definition) is 0. The normalized spacial score (nSPS) is 12.1. The molecule has 0 atom stereocenters. The van der Waals surface area contributed by atoms with Gasteiger partial charge in [-0.3, -0.25) is 19.9 Å². The fraction of sp³-hybridized carbons (Fsp3) is 0. The third-order valence-electron chi connectivity index (χ3n) is 7.32. The quantitative estimate of drug-likeness (QED) is 0.227. The molecule has 6 nitrogen and oxygen atoms in total. The Labute approximate surface area is 224 Å². The Morgan fingerprint density at radius 2 is 1.21 bits per heavy atom. The van der Waals surface area contributed by atoms with Gasteiger partial charge in [0.25, 0.3) is 0 Å². The second-order valence-corrected chi connectivity index (χ2v) is 10.5. The summed E-state index contributed by atoms with van der Waals surface area (Å²) in [5.41, 5.74) is 8.40. The van der Waals surface area contributed by atoms with Gasteiger partial charge in [-0.1, -0.05) is 24.3 Å². The van der Waals surface area contributed by atoms with E-state index >= 15 is 0 Å². The van der Waals surface area contributed by atoms with E-state index < -0.39 is 0 Å². The minimum Gasteiger partial charge on any atom is -0.454 e. The van der Waals surface area contributed by atoms with Crippen molar-refractivity contribution in [3.05, 3.63) is 97.6 Å². The fourth-order valence-electron chi connectivity index (χ4n) is 5.54. The van der Waals surface area contributed by atoms with Gasteiger partial charge >= 0.3 is 0 Å². The van der Waals surface area contributed by atoms with Crippen LogP contribution in [0.1, 0.15) is 0 Å². The van der Waals surface area contributed by atoms with E-state index in [4.69, 9.17) is 18.8 Å². The lowest BCUT2D eigenvalue weighted by Crippen LogP contribution is -1.86. The highest BCUT2D eigenvalue weighted by Gasteiger charge is 2.19. The molecule has 7 aromatic heterocycles. The summed E-state index contributed by atoms with van der Waals surface area (Å²) in [4.78, 5) is 18.9. The summed E-state index contributed by atoms with van der Waals surface area (Å²) >= 11 is 1.69. The lowest BCUT2D eigenvalue weighted by molar-refractivity contribution is 0.668. The Morgan fingerprint density at radius 3 is 1.95 bits per heavy atom. The zero-order valence-electron chi connectivity index (χ0n) is 20.3. The van der Waals surface area contributed by atoms with Crippen LogP contribution < -0.4 is 0 Å². The topological polar surface area (TPSA) is 77.8 Å². The standard InChI is InChI=1S/C32H16N4O2S/c1-3-7-24-19(5-1)27-30(37-24)18(10-13-33-27)23-15-22-17-9-12-35-29(32(17)39-26(22)16-36-23)21-11-14-34-28-20-6-2-4-8-25(20)38-31(21)28/h1-16H. The van der Waals surface area contributed by atoms with Gasteiger partial charge in [0.1, 0.15) is 22.2 Å². The van der Waals surface area contributed by atoms with Crippen molar-refractivity contribution in [1.82, 2.24) is 19.9 Å². The number of rotatable bonds is 2. The molecule has 0 spiro atoms. The van der Waals surface area contributed by atoms with Crippen LogP contribution >= 0.6 is 11.3 Å². The van der Waals surface area contributed by atoms with E-state index in [1.54, 1.807) is 11.3 Å². The van der Waals surface area contributed by atoms with E-state index in [-0.39, 0.29) is 0 Å². The molecule has 0 radical (unpaired) electrons. The van der Waals surface area contributed by atoms with Gasteiger partial charge in [-0.15, -0.1) is 11.3 Å². The van der Waals surface area contributed by atoms with Crippen LogP contribution in [0.3, 0.4) is 0 Å². The summed E-state index contributed by atoms with van der Waals surface area (Å²) in [6, 6.07) is 24.1. The van der Waals surface area contributed by atoms with Crippen LogP contribution in [-0.4, -0.2) is 19.9 Å². The first-order chi connectivity index (χ1) is 19.3. The highest BCUT2D eigenvalue weighted by Crippen LogP contribution is 2.43. The monoisotopic (exact) mass is 520 g/mol. The molecule has 182 valence electrons. The summed E-state index contributed by atoms with van der Waals surface area (Å²) in [6.07, 6.45) is 7.45. The van der Waals surface area contributed by atoms with Crippen LogP contribution in [0.5, 0.6) is 0 Å². The lowest BCUT2D eigenvalue weighted by Gasteiger charge is -2.03. The molecule has 0 unspecified atom stereocenters. The molecule has 9 aromatic rings. The number of pyridine rings is 4. The van der Waals surface area contributed by atoms with Crippen LogP contribution in [-0.2, 0) is 0 Å². The molecule has 0 saturated carbocycles. The number of para-hydroxylation sites is 2. The number of furan rings is 2. The molecule has 0 bridgehead atoms. The molecule has 0 saturated heterocycles. The van der Waals surface area contributed by atoms with Gasteiger partial charge in [-0.05, 0) is 48.5 Å². The second-order valence-electron chi connectivity index (χ2n) is 9.47. The molecule has 0 fully saturated rings. The predicted octanol–water partition coefficient (Wildman–Crippen LogP) is 8.77. The number of nitrogens with zero attached hydrogens (tertiary/aromatic N) is 4. The molecule has 2 aromatic carbocycles. The van der Waals surface area contributed by atoms with Crippen LogP contribution in [0.4, 0.5) is 0 Å². The van der Waals surface area contributed by atoms with Crippen molar-refractivity contribution in [1.29, 1.82) is 0 Å². The summed E-state index contributed by atoms with van der Waals surface area (Å²) in [5, 5.41) is 4.25. The van der Waals surface area contributed by atoms with Gasteiger partial charge < -0.3 is 8.83 Å². The highest BCUT2D eigenvalue weighted by atomic mass is 32.1. The summed E-state index contributed by atoms with van der Waals surface area (Å²) in [7, 11) is 0. The van der Waals surface area contributed by atoms with Crippen LogP contribution in [0.25, 0.3) is 86.8 Å². The van der Waals surface area contributed by atoms with Crippen molar-refractivity contribution >= 4 is 75.6 Å².